The van der Waals surface area contributed by atoms with Crippen molar-refractivity contribution in [2.75, 3.05) is 14.1 Å². The number of nitrogens with one attached hydrogen (secondary N) is 1. The third-order valence-electron chi connectivity index (χ3n) is 4.85. The van der Waals surface area contributed by atoms with Gasteiger partial charge in [0, 0.05) is 20.0 Å². The average molecular weight is 373 g/mol. The summed E-state index contributed by atoms with van der Waals surface area (Å²) in [5.74, 6) is -0.709. The number of hydrogen-bond donors (Lipinski definition) is 2. The van der Waals surface area contributed by atoms with Crippen molar-refractivity contribution in [3.05, 3.63) is 58.1 Å². The van der Waals surface area contributed by atoms with Gasteiger partial charge in [-0.05, 0) is 53.6 Å². The number of benzene rings is 2. The zero-order valence-electron chi connectivity index (χ0n) is 14.8. The minimum Gasteiger partial charge on any atom is -0.345 e. The summed E-state index contributed by atoms with van der Waals surface area (Å²) >= 11 is 6.19. The summed E-state index contributed by atoms with van der Waals surface area (Å²) in [6.45, 7) is 0. The van der Waals surface area contributed by atoms with Gasteiger partial charge in [0.1, 0.15) is 0 Å². The van der Waals surface area contributed by atoms with Crippen LogP contribution in [0.3, 0.4) is 0 Å². The maximum absolute atomic E-state index is 12.3. The van der Waals surface area contributed by atoms with Gasteiger partial charge in [0.2, 0.25) is 5.91 Å². The van der Waals surface area contributed by atoms with Gasteiger partial charge in [0.15, 0.2) is 0 Å². The summed E-state index contributed by atoms with van der Waals surface area (Å²) in [5, 5.41) is 9.29. The van der Waals surface area contributed by atoms with E-state index in [9.17, 15) is 9.59 Å². The number of rotatable bonds is 3. The van der Waals surface area contributed by atoms with Crippen molar-refractivity contribution in [3.8, 4) is 11.1 Å². The molecule has 3 rings (SSSR count). The molecule has 6 heteroatoms. The van der Waals surface area contributed by atoms with Crippen LogP contribution in [0.2, 0.25) is 5.02 Å². The van der Waals surface area contributed by atoms with Gasteiger partial charge in [-0.3, -0.25) is 14.8 Å². The molecule has 0 radical (unpaired) electrons. The summed E-state index contributed by atoms with van der Waals surface area (Å²) in [4.78, 5) is 25.5. The van der Waals surface area contributed by atoms with Gasteiger partial charge in [0.25, 0.3) is 5.91 Å². The second-order valence-corrected chi connectivity index (χ2v) is 7.20. The van der Waals surface area contributed by atoms with Gasteiger partial charge in [-0.15, -0.1) is 0 Å². The van der Waals surface area contributed by atoms with E-state index in [2.05, 4.69) is 12.1 Å². The van der Waals surface area contributed by atoms with E-state index in [4.69, 9.17) is 16.8 Å². The molecule has 2 N–H and O–H groups in total. The second-order valence-electron chi connectivity index (χ2n) is 6.79. The fourth-order valence-electron chi connectivity index (χ4n) is 3.36. The van der Waals surface area contributed by atoms with Gasteiger partial charge in [-0.2, -0.15) is 0 Å². The Kier molecular flexibility index (Phi) is 5.30. The lowest BCUT2D eigenvalue weighted by Gasteiger charge is -2.23. The van der Waals surface area contributed by atoms with Gasteiger partial charge in [-0.25, -0.2) is 5.48 Å². The van der Waals surface area contributed by atoms with Gasteiger partial charge >= 0.3 is 0 Å². The number of halogens is 1. The molecule has 0 fully saturated rings. The quantitative estimate of drug-likeness (QED) is 0.641. The Morgan fingerprint density at radius 2 is 1.81 bits per heavy atom. The van der Waals surface area contributed by atoms with Gasteiger partial charge in [-0.1, -0.05) is 35.9 Å². The van der Waals surface area contributed by atoms with E-state index in [0.29, 0.717) is 17.0 Å². The normalized spacial score (nSPS) is 15.9. The fraction of sp³-hybridized carbons (Fsp3) is 0.300. The Morgan fingerprint density at radius 1 is 1.12 bits per heavy atom. The number of hydrogen-bond acceptors (Lipinski definition) is 3. The standard InChI is InChI=1S/C20H21ClN2O3/c1-23(2)20(25)17-11-14(7-8-18(17)21)13-5-3-12-4-6-15(19(24)22-26)10-16(12)9-13/h3,5,7-9,11,15,26H,4,6,10H2,1-2H3,(H,22,24). The van der Waals surface area contributed by atoms with Gasteiger partial charge in [0.05, 0.1) is 10.6 Å². The third kappa shape index (κ3) is 3.59. The molecule has 26 heavy (non-hydrogen) atoms. The van der Waals surface area contributed by atoms with Crippen LogP contribution < -0.4 is 5.48 Å². The first-order valence-corrected chi connectivity index (χ1v) is 8.86. The number of fused-ring (bicyclic) bond motifs is 1. The Bertz CT molecular complexity index is 864. The van der Waals surface area contributed by atoms with Crippen LogP contribution >= 0.6 is 11.6 Å². The largest absolute Gasteiger partial charge is 0.345 e. The van der Waals surface area contributed by atoms with Crippen molar-refractivity contribution >= 4 is 23.4 Å². The molecule has 0 aliphatic heterocycles. The lowest BCUT2D eigenvalue weighted by Crippen LogP contribution is -2.31. The molecule has 1 unspecified atom stereocenters. The molecule has 0 spiro atoms. The van der Waals surface area contributed by atoms with Crippen molar-refractivity contribution in [1.29, 1.82) is 0 Å². The van der Waals surface area contributed by atoms with Crippen LogP contribution in [-0.2, 0) is 17.6 Å². The highest BCUT2D eigenvalue weighted by Crippen LogP contribution is 2.31. The van der Waals surface area contributed by atoms with Crippen LogP contribution in [-0.4, -0.2) is 36.0 Å². The van der Waals surface area contributed by atoms with Crippen LogP contribution in [0.4, 0.5) is 0 Å². The first-order valence-electron chi connectivity index (χ1n) is 8.48. The number of carbonyl (C=O) groups is 2. The molecular weight excluding hydrogens is 352 g/mol. The van der Waals surface area contributed by atoms with Crippen LogP contribution in [0, 0.1) is 5.92 Å². The molecule has 5 nitrogen and oxygen atoms in total. The number of aryl methyl sites for hydroxylation is 1. The average Bonchev–Trinajstić information content (AvgIpc) is 2.66. The summed E-state index contributed by atoms with van der Waals surface area (Å²) in [6, 6.07) is 11.6. The lowest BCUT2D eigenvalue weighted by atomic mass is 9.82. The highest BCUT2D eigenvalue weighted by molar-refractivity contribution is 6.34. The Balaban J connectivity index is 1.95. The summed E-state index contributed by atoms with van der Waals surface area (Å²) < 4.78 is 0. The Labute approximate surface area is 157 Å². The van der Waals surface area contributed by atoms with E-state index in [-0.39, 0.29) is 17.7 Å². The predicted molar refractivity (Wildman–Crippen MR) is 100 cm³/mol. The zero-order valence-corrected chi connectivity index (χ0v) is 15.5. The Hall–Kier alpha value is -2.37. The first-order chi connectivity index (χ1) is 12.4. The summed E-state index contributed by atoms with van der Waals surface area (Å²) in [5.41, 5.74) is 6.40. The molecule has 0 saturated heterocycles. The van der Waals surface area contributed by atoms with E-state index in [1.165, 1.54) is 10.5 Å². The van der Waals surface area contributed by atoms with Gasteiger partial charge < -0.3 is 4.90 Å². The molecule has 2 aromatic rings. The van der Waals surface area contributed by atoms with Crippen molar-refractivity contribution in [1.82, 2.24) is 10.4 Å². The monoisotopic (exact) mass is 372 g/mol. The second kappa shape index (κ2) is 7.48. The minimum atomic E-state index is -0.341. The summed E-state index contributed by atoms with van der Waals surface area (Å²) in [7, 11) is 3.38. The highest BCUT2D eigenvalue weighted by Gasteiger charge is 2.24. The van der Waals surface area contributed by atoms with E-state index in [1.807, 2.05) is 12.1 Å². The van der Waals surface area contributed by atoms with E-state index in [1.54, 1.807) is 31.7 Å². The minimum absolute atomic E-state index is 0.144. The predicted octanol–water partition coefficient (Wildman–Crippen LogP) is 3.32. The summed E-state index contributed by atoms with van der Waals surface area (Å²) in [6.07, 6.45) is 2.12. The van der Waals surface area contributed by atoms with Crippen molar-refractivity contribution in [2.45, 2.75) is 19.3 Å². The molecule has 1 aliphatic carbocycles. The van der Waals surface area contributed by atoms with Crippen LogP contribution in [0.25, 0.3) is 11.1 Å². The van der Waals surface area contributed by atoms with E-state index < -0.39 is 0 Å². The smallest absolute Gasteiger partial charge is 0.254 e. The number of nitrogens with zero attached hydrogens (tertiary/aromatic N) is 1. The third-order valence-corrected chi connectivity index (χ3v) is 5.18. The fourth-order valence-corrected chi connectivity index (χ4v) is 3.56. The molecular formula is C20H21ClN2O3. The first kappa shape index (κ1) is 18.4. The molecule has 2 aromatic carbocycles. The van der Waals surface area contributed by atoms with Crippen molar-refractivity contribution in [2.24, 2.45) is 5.92 Å². The molecule has 136 valence electrons. The van der Waals surface area contributed by atoms with Crippen LogP contribution in [0.5, 0.6) is 0 Å². The van der Waals surface area contributed by atoms with Crippen LogP contribution in [0.1, 0.15) is 27.9 Å². The molecule has 1 atom stereocenters. The molecule has 0 saturated carbocycles. The highest BCUT2D eigenvalue weighted by atomic mass is 35.5. The van der Waals surface area contributed by atoms with Crippen molar-refractivity contribution in [3.63, 3.8) is 0 Å². The molecule has 0 aromatic heterocycles. The Morgan fingerprint density at radius 3 is 2.50 bits per heavy atom. The molecule has 0 bridgehead atoms. The SMILES string of the molecule is CN(C)C(=O)c1cc(-c2ccc3c(c2)CC(C(=O)NO)CC3)ccc1Cl. The topological polar surface area (TPSA) is 69.6 Å². The molecule has 2 amide bonds. The molecule has 1 aliphatic rings. The molecule has 0 heterocycles. The maximum Gasteiger partial charge on any atom is 0.254 e. The van der Waals surface area contributed by atoms with Crippen LogP contribution in [0.15, 0.2) is 36.4 Å². The number of hydroxylamine groups is 1. The lowest BCUT2D eigenvalue weighted by molar-refractivity contribution is -0.133. The number of carbonyl (C=O) groups excluding carboxylic acids is 2. The van der Waals surface area contributed by atoms with Crippen molar-refractivity contribution < 1.29 is 14.8 Å². The van der Waals surface area contributed by atoms with E-state index >= 15 is 0 Å². The van der Waals surface area contributed by atoms with E-state index in [0.717, 1.165) is 29.5 Å². The number of amides is 2. The zero-order chi connectivity index (χ0) is 18.8. The maximum atomic E-state index is 12.3.